The number of benzene rings is 1. The highest BCUT2D eigenvalue weighted by Crippen LogP contribution is 2.21. The summed E-state index contributed by atoms with van der Waals surface area (Å²) in [5, 5.41) is 7.87. The van der Waals surface area contributed by atoms with Crippen LogP contribution in [0.3, 0.4) is 0 Å². The fourth-order valence-electron chi connectivity index (χ4n) is 3.08. The van der Waals surface area contributed by atoms with Crippen molar-refractivity contribution >= 4 is 18.3 Å². The van der Waals surface area contributed by atoms with Crippen molar-refractivity contribution in [1.82, 2.24) is 20.0 Å². The summed E-state index contributed by atoms with van der Waals surface area (Å²) in [5.74, 6) is 0.0610. The summed E-state index contributed by atoms with van der Waals surface area (Å²) in [6.45, 7) is 5.71. The van der Waals surface area contributed by atoms with E-state index in [2.05, 4.69) is 10.4 Å². The van der Waals surface area contributed by atoms with Gasteiger partial charge in [0.1, 0.15) is 0 Å². The van der Waals surface area contributed by atoms with Gasteiger partial charge in [-0.1, -0.05) is 18.2 Å². The molecule has 0 spiro atoms. The van der Waals surface area contributed by atoms with Crippen molar-refractivity contribution < 1.29 is 4.79 Å². The molecular formula is C17H23ClN4O. The Kier molecular flexibility index (Phi) is 5.44. The van der Waals surface area contributed by atoms with Gasteiger partial charge in [0.15, 0.2) is 0 Å². The summed E-state index contributed by atoms with van der Waals surface area (Å²) in [5.41, 5.74) is 3.38. The molecule has 1 aromatic carbocycles. The highest BCUT2D eigenvalue weighted by Gasteiger charge is 2.28. The van der Waals surface area contributed by atoms with Crippen molar-refractivity contribution in [3.8, 4) is 5.69 Å². The average molecular weight is 335 g/mol. The van der Waals surface area contributed by atoms with Crippen molar-refractivity contribution in [2.75, 3.05) is 20.1 Å². The number of carbonyl (C=O) groups excluding carboxylic acids is 1. The number of carbonyl (C=O) groups is 1. The van der Waals surface area contributed by atoms with Gasteiger partial charge in [0.05, 0.1) is 22.6 Å². The monoisotopic (exact) mass is 334 g/mol. The lowest BCUT2D eigenvalue weighted by Gasteiger charge is -2.24. The molecule has 2 aromatic rings. The Labute approximate surface area is 143 Å². The minimum atomic E-state index is 0. The van der Waals surface area contributed by atoms with Crippen molar-refractivity contribution in [2.24, 2.45) is 0 Å². The van der Waals surface area contributed by atoms with Crippen LogP contribution < -0.4 is 5.32 Å². The molecule has 0 aliphatic carbocycles. The fourth-order valence-corrected chi connectivity index (χ4v) is 3.08. The van der Waals surface area contributed by atoms with Crippen LogP contribution in [0.4, 0.5) is 0 Å². The second-order valence-electron chi connectivity index (χ2n) is 5.86. The van der Waals surface area contributed by atoms with Gasteiger partial charge in [-0.3, -0.25) is 4.79 Å². The van der Waals surface area contributed by atoms with Gasteiger partial charge in [-0.05, 0) is 38.9 Å². The number of nitrogens with one attached hydrogen (secondary N) is 1. The van der Waals surface area contributed by atoms with E-state index in [-0.39, 0.29) is 24.4 Å². The summed E-state index contributed by atoms with van der Waals surface area (Å²) in [4.78, 5) is 14.7. The van der Waals surface area contributed by atoms with Crippen molar-refractivity contribution in [1.29, 1.82) is 0 Å². The van der Waals surface area contributed by atoms with Gasteiger partial charge in [-0.15, -0.1) is 12.4 Å². The molecule has 1 unspecified atom stereocenters. The molecule has 6 heteroatoms. The molecule has 124 valence electrons. The van der Waals surface area contributed by atoms with Crippen LogP contribution >= 0.6 is 12.4 Å². The molecule has 2 heterocycles. The SMILES string of the molecule is Cc1nn(-c2ccccc2)c(C)c1C(=O)N(C)C1CCNC1.Cl. The third-order valence-corrected chi connectivity index (χ3v) is 4.41. The molecule has 0 saturated carbocycles. The Hall–Kier alpha value is -1.85. The molecule has 0 bridgehead atoms. The first-order chi connectivity index (χ1) is 10.6. The van der Waals surface area contributed by atoms with E-state index in [0.717, 1.165) is 42.1 Å². The second-order valence-corrected chi connectivity index (χ2v) is 5.86. The van der Waals surface area contributed by atoms with E-state index >= 15 is 0 Å². The number of hydrogen-bond acceptors (Lipinski definition) is 3. The van der Waals surface area contributed by atoms with E-state index in [9.17, 15) is 4.79 Å². The zero-order chi connectivity index (χ0) is 15.7. The lowest BCUT2D eigenvalue weighted by Crippen LogP contribution is -2.38. The number of aromatic nitrogens is 2. The molecule has 3 rings (SSSR count). The summed E-state index contributed by atoms with van der Waals surface area (Å²) in [7, 11) is 1.89. The molecule has 1 N–H and O–H groups in total. The van der Waals surface area contributed by atoms with E-state index in [1.54, 1.807) is 0 Å². The van der Waals surface area contributed by atoms with Crippen molar-refractivity contribution in [3.05, 3.63) is 47.3 Å². The van der Waals surface area contributed by atoms with Crippen molar-refractivity contribution in [3.63, 3.8) is 0 Å². The number of likely N-dealkylation sites (N-methyl/N-ethyl adjacent to an activating group) is 1. The van der Waals surface area contributed by atoms with E-state index < -0.39 is 0 Å². The first kappa shape index (κ1) is 17.5. The van der Waals surface area contributed by atoms with Gasteiger partial charge in [0.2, 0.25) is 0 Å². The number of hydrogen-bond donors (Lipinski definition) is 1. The Balaban J connectivity index is 0.00000192. The first-order valence-corrected chi connectivity index (χ1v) is 7.69. The highest BCUT2D eigenvalue weighted by molar-refractivity contribution is 5.96. The zero-order valence-corrected chi connectivity index (χ0v) is 14.6. The third kappa shape index (κ3) is 3.26. The quantitative estimate of drug-likeness (QED) is 0.937. The van der Waals surface area contributed by atoms with Crippen LogP contribution in [-0.4, -0.2) is 46.8 Å². The van der Waals surface area contributed by atoms with Gasteiger partial charge >= 0.3 is 0 Å². The third-order valence-electron chi connectivity index (χ3n) is 4.41. The molecule has 1 atom stereocenters. The van der Waals surface area contributed by atoms with Crippen LogP contribution in [0.2, 0.25) is 0 Å². The highest BCUT2D eigenvalue weighted by atomic mass is 35.5. The topological polar surface area (TPSA) is 50.2 Å². The van der Waals surface area contributed by atoms with Crippen LogP contribution in [0.15, 0.2) is 30.3 Å². The van der Waals surface area contributed by atoms with E-state index in [1.165, 1.54) is 0 Å². The Morgan fingerprint density at radius 1 is 1.30 bits per heavy atom. The number of halogens is 1. The lowest BCUT2D eigenvalue weighted by atomic mass is 10.1. The van der Waals surface area contributed by atoms with Crippen LogP contribution in [0.1, 0.15) is 28.2 Å². The molecule has 1 aromatic heterocycles. The van der Waals surface area contributed by atoms with Gasteiger partial charge in [-0.2, -0.15) is 5.10 Å². The number of rotatable bonds is 3. The van der Waals surface area contributed by atoms with Crippen LogP contribution in [0.5, 0.6) is 0 Å². The molecule has 5 nitrogen and oxygen atoms in total. The normalized spacial score (nSPS) is 16.9. The van der Waals surface area contributed by atoms with E-state index in [0.29, 0.717) is 0 Å². The predicted molar refractivity (Wildman–Crippen MR) is 93.7 cm³/mol. The van der Waals surface area contributed by atoms with Crippen LogP contribution in [-0.2, 0) is 0 Å². The first-order valence-electron chi connectivity index (χ1n) is 7.69. The number of para-hydroxylation sites is 1. The second kappa shape index (κ2) is 7.15. The van der Waals surface area contributed by atoms with Crippen molar-refractivity contribution in [2.45, 2.75) is 26.3 Å². The maximum absolute atomic E-state index is 12.9. The smallest absolute Gasteiger partial charge is 0.257 e. The van der Waals surface area contributed by atoms with Gasteiger partial charge in [0.25, 0.3) is 5.91 Å². The largest absolute Gasteiger partial charge is 0.337 e. The maximum atomic E-state index is 12.9. The van der Waals surface area contributed by atoms with E-state index in [1.807, 2.05) is 60.8 Å². The standard InChI is InChI=1S/C17H22N4O.ClH/c1-12-16(17(22)20(3)15-9-10-18-11-15)13(2)21(19-12)14-7-5-4-6-8-14;/h4-8,15,18H,9-11H2,1-3H3;1H. The summed E-state index contributed by atoms with van der Waals surface area (Å²) < 4.78 is 1.85. The van der Waals surface area contributed by atoms with Gasteiger partial charge in [-0.25, -0.2) is 4.68 Å². The minimum absolute atomic E-state index is 0. The Morgan fingerprint density at radius 3 is 2.61 bits per heavy atom. The molecule has 1 aliphatic rings. The molecule has 23 heavy (non-hydrogen) atoms. The molecular weight excluding hydrogens is 312 g/mol. The fraction of sp³-hybridized carbons (Fsp3) is 0.412. The number of aryl methyl sites for hydroxylation is 1. The summed E-state index contributed by atoms with van der Waals surface area (Å²) in [6.07, 6.45) is 1.01. The number of amides is 1. The zero-order valence-electron chi connectivity index (χ0n) is 13.7. The molecule has 1 fully saturated rings. The Bertz CT molecular complexity index is 677. The number of nitrogens with zero attached hydrogens (tertiary/aromatic N) is 3. The maximum Gasteiger partial charge on any atom is 0.257 e. The van der Waals surface area contributed by atoms with Crippen LogP contribution in [0.25, 0.3) is 5.69 Å². The molecule has 1 aliphatic heterocycles. The summed E-state index contributed by atoms with van der Waals surface area (Å²) in [6, 6.07) is 10.2. The average Bonchev–Trinajstić information content (AvgIpc) is 3.15. The Morgan fingerprint density at radius 2 is 2.00 bits per heavy atom. The predicted octanol–water partition coefficient (Wildman–Crippen LogP) is 2.34. The van der Waals surface area contributed by atoms with Crippen LogP contribution in [0, 0.1) is 13.8 Å². The summed E-state index contributed by atoms with van der Waals surface area (Å²) >= 11 is 0. The van der Waals surface area contributed by atoms with Gasteiger partial charge < -0.3 is 10.2 Å². The molecule has 1 amide bonds. The lowest BCUT2D eigenvalue weighted by molar-refractivity contribution is 0.0742. The minimum Gasteiger partial charge on any atom is -0.337 e. The van der Waals surface area contributed by atoms with E-state index in [4.69, 9.17) is 0 Å². The molecule has 1 saturated heterocycles. The molecule has 0 radical (unpaired) electrons. The van der Waals surface area contributed by atoms with Gasteiger partial charge in [0, 0.05) is 19.6 Å².